The van der Waals surface area contributed by atoms with Crippen molar-refractivity contribution in [3.8, 4) is 11.5 Å². The Kier molecular flexibility index (Phi) is 7.85. The Bertz CT molecular complexity index is 1400. The highest BCUT2D eigenvalue weighted by atomic mass is 32.3. The fourth-order valence-corrected chi connectivity index (χ4v) is 9.96. The lowest BCUT2D eigenvalue weighted by molar-refractivity contribution is 0.137. The van der Waals surface area contributed by atoms with E-state index in [1.54, 1.807) is 0 Å². The molecule has 0 fully saturated rings. The zero-order valence-electron chi connectivity index (χ0n) is 17.6. The van der Waals surface area contributed by atoms with Gasteiger partial charge in [-0.05, 0) is 12.1 Å². The van der Waals surface area contributed by atoms with E-state index in [0.29, 0.717) is 24.3 Å². The highest BCUT2D eigenvalue weighted by Gasteiger charge is 2.74. The summed E-state index contributed by atoms with van der Waals surface area (Å²) in [7, 11) is -26.3. The van der Waals surface area contributed by atoms with Crippen LogP contribution in [0.1, 0.15) is 11.1 Å². The predicted octanol–water partition coefficient (Wildman–Crippen LogP) is -1.17. The number of aromatic hydroxyl groups is 2. The van der Waals surface area contributed by atoms with Crippen LogP contribution in [0.25, 0.3) is 0 Å². The molecule has 8 N–H and O–H groups in total. The SMILES string of the molecule is NCCN(C(c1ccccc1O)(S(=O)(=O)O)S(=O)(=O)O)C(c1ccccc1O)(S(=O)(=O)O)S(=O)(=O)O. The highest BCUT2D eigenvalue weighted by molar-refractivity contribution is 8.06. The second-order valence-corrected chi connectivity index (χ2v) is 13.7. The molecule has 36 heavy (non-hydrogen) atoms. The summed E-state index contributed by atoms with van der Waals surface area (Å²) < 4.78 is 134. The molecule has 0 saturated carbocycles. The van der Waals surface area contributed by atoms with E-state index >= 15 is 0 Å². The van der Waals surface area contributed by atoms with E-state index in [2.05, 4.69) is 0 Å². The zero-order valence-corrected chi connectivity index (χ0v) is 20.9. The average molecular weight is 593 g/mol. The van der Waals surface area contributed by atoms with Crippen LogP contribution in [0.2, 0.25) is 0 Å². The van der Waals surface area contributed by atoms with Crippen LogP contribution in [-0.4, -0.2) is 80.1 Å². The molecule has 16 nitrogen and oxygen atoms in total. The molecule has 0 amide bonds. The Balaban J connectivity index is 3.52. The van der Waals surface area contributed by atoms with Crippen molar-refractivity contribution in [2.75, 3.05) is 13.1 Å². The molecule has 0 atom stereocenters. The largest absolute Gasteiger partial charge is 0.508 e. The number of phenolic OH excluding ortho intramolecular Hbond substituents is 2. The third-order valence-corrected chi connectivity index (χ3v) is 12.0. The van der Waals surface area contributed by atoms with Gasteiger partial charge in [-0.15, -0.1) is 0 Å². The Morgan fingerprint density at radius 1 is 0.611 bits per heavy atom. The molecule has 2 aromatic carbocycles. The molecule has 2 rings (SSSR count). The summed E-state index contributed by atoms with van der Waals surface area (Å²) in [6, 6.07) is 5.76. The molecule has 0 spiro atoms. The van der Waals surface area contributed by atoms with Crippen molar-refractivity contribution in [2.45, 2.75) is 8.41 Å². The van der Waals surface area contributed by atoms with Gasteiger partial charge in [0.05, 0.1) is 11.1 Å². The minimum atomic E-state index is -6.57. The molecule has 0 radical (unpaired) electrons. The number of hydrogen-bond donors (Lipinski definition) is 7. The first-order chi connectivity index (χ1) is 16.2. The summed E-state index contributed by atoms with van der Waals surface area (Å²) >= 11 is 0. The van der Waals surface area contributed by atoms with Gasteiger partial charge in [0.25, 0.3) is 0 Å². The molecule has 20 heteroatoms. The number of para-hydroxylation sites is 2. The van der Waals surface area contributed by atoms with Crippen LogP contribution in [0, 0.1) is 0 Å². The van der Waals surface area contributed by atoms with Gasteiger partial charge in [0.1, 0.15) is 11.5 Å². The summed E-state index contributed by atoms with van der Waals surface area (Å²) in [5.41, 5.74) is 2.26. The minimum absolute atomic E-state index is 0.435. The van der Waals surface area contributed by atoms with Crippen molar-refractivity contribution in [1.82, 2.24) is 4.90 Å². The maximum atomic E-state index is 12.8. The molecular formula is C16H20N2O14S4. The summed E-state index contributed by atoms with van der Waals surface area (Å²) in [5, 5.41) is 20.6. The maximum absolute atomic E-state index is 12.8. The molecular weight excluding hydrogens is 572 g/mol. The van der Waals surface area contributed by atoms with Crippen LogP contribution in [0.3, 0.4) is 0 Å². The molecule has 0 bridgehead atoms. The summed E-state index contributed by atoms with van der Waals surface area (Å²) in [6.07, 6.45) is 0. The first-order valence-electron chi connectivity index (χ1n) is 9.15. The van der Waals surface area contributed by atoms with Gasteiger partial charge in [0.2, 0.25) is 0 Å². The summed E-state index contributed by atoms with van der Waals surface area (Å²) in [6.45, 7) is -2.65. The van der Waals surface area contributed by atoms with E-state index in [1.165, 1.54) is 0 Å². The van der Waals surface area contributed by atoms with Gasteiger partial charge in [-0.25, -0.2) is 4.90 Å². The Morgan fingerprint density at radius 3 is 1.11 bits per heavy atom. The monoisotopic (exact) mass is 592 g/mol. The number of nitrogens with zero attached hydrogens (tertiary/aromatic N) is 1. The van der Waals surface area contributed by atoms with Gasteiger partial charge in [-0.2, -0.15) is 33.7 Å². The Hall–Kier alpha value is -2.40. The first-order valence-corrected chi connectivity index (χ1v) is 14.9. The van der Waals surface area contributed by atoms with Crippen LogP contribution in [-0.2, 0) is 48.9 Å². The second kappa shape index (κ2) is 9.48. The third kappa shape index (κ3) is 4.34. The van der Waals surface area contributed by atoms with Gasteiger partial charge in [0, 0.05) is 13.1 Å². The normalized spacial score (nSPS) is 14.2. The van der Waals surface area contributed by atoms with Crippen molar-refractivity contribution in [3.05, 3.63) is 59.7 Å². The van der Waals surface area contributed by atoms with Gasteiger partial charge < -0.3 is 15.9 Å². The Morgan fingerprint density at radius 2 is 0.889 bits per heavy atom. The number of benzene rings is 2. The van der Waals surface area contributed by atoms with Gasteiger partial charge >= 0.3 is 48.9 Å². The second-order valence-electron chi connectivity index (χ2n) is 7.04. The van der Waals surface area contributed by atoms with Gasteiger partial charge in [0.15, 0.2) is 0 Å². The highest BCUT2D eigenvalue weighted by Crippen LogP contribution is 2.53. The molecule has 0 saturated heterocycles. The standard InChI is InChI=1S/C16H20N2O14S4/c17-9-10-18(15(33(21,22)23,34(24,25)26)11-5-1-3-7-13(11)19)16(35(27,28)29,36(30,31)32)12-6-2-4-8-14(12)20/h1-8,19-20H,9-10,17H2,(H,21,22,23)(H,24,25,26)(H,27,28,29)(H,30,31,32). The van der Waals surface area contributed by atoms with Crippen molar-refractivity contribution in [3.63, 3.8) is 0 Å². The zero-order chi connectivity index (χ0) is 28.0. The molecule has 0 aromatic heterocycles. The molecule has 0 aliphatic rings. The summed E-state index contributed by atoms with van der Waals surface area (Å²) in [4.78, 5) is -0.792. The van der Waals surface area contributed by atoms with Gasteiger partial charge in [-0.3, -0.25) is 18.2 Å². The van der Waals surface area contributed by atoms with Crippen LogP contribution >= 0.6 is 0 Å². The quantitative estimate of drug-likeness (QED) is 0.160. The van der Waals surface area contributed by atoms with Crippen molar-refractivity contribution in [1.29, 1.82) is 0 Å². The lowest BCUT2D eigenvalue weighted by atomic mass is 10.1. The van der Waals surface area contributed by atoms with E-state index in [4.69, 9.17) is 5.73 Å². The number of hydrogen-bond acceptors (Lipinski definition) is 12. The number of nitrogens with two attached hydrogens (primary N) is 1. The number of phenols is 2. The van der Waals surface area contributed by atoms with Crippen LogP contribution in [0.15, 0.2) is 48.5 Å². The smallest absolute Gasteiger partial charge is 0.307 e. The van der Waals surface area contributed by atoms with E-state index in [0.717, 1.165) is 24.3 Å². The van der Waals surface area contributed by atoms with Crippen LogP contribution in [0.5, 0.6) is 11.5 Å². The minimum Gasteiger partial charge on any atom is -0.508 e. The van der Waals surface area contributed by atoms with E-state index in [1.807, 2.05) is 0 Å². The lowest BCUT2D eigenvalue weighted by Gasteiger charge is -2.46. The molecule has 0 unspecified atom stereocenters. The van der Waals surface area contributed by atoms with Crippen LogP contribution in [0.4, 0.5) is 0 Å². The number of rotatable bonds is 10. The molecule has 2 aromatic rings. The molecule has 0 heterocycles. The van der Waals surface area contributed by atoms with Crippen molar-refractivity contribution < 1.29 is 62.1 Å². The van der Waals surface area contributed by atoms with E-state index < -0.39 is 89.5 Å². The maximum Gasteiger partial charge on any atom is 0.307 e. The van der Waals surface area contributed by atoms with Crippen molar-refractivity contribution >= 4 is 40.5 Å². The fraction of sp³-hybridized carbons (Fsp3) is 0.250. The Labute approximate surface area is 205 Å². The molecule has 0 aliphatic carbocycles. The van der Waals surface area contributed by atoms with E-state index in [9.17, 15) is 62.1 Å². The molecule has 202 valence electrons. The van der Waals surface area contributed by atoms with Crippen molar-refractivity contribution in [2.24, 2.45) is 5.73 Å². The molecule has 0 aliphatic heterocycles. The third-order valence-electron chi connectivity index (χ3n) is 4.95. The van der Waals surface area contributed by atoms with Crippen LogP contribution < -0.4 is 5.73 Å². The predicted molar refractivity (Wildman–Crippen MR) is 122 cm³/mol. The van der Waals surface area contributed by atoms with Gasteiger partial charge in [-0.1, -0.05) is 36.4 Å². The topological polar surface area (TPSA) is 287 Å². The lowest BCUT2D eigenvalue weighted by Crippen LogP contribution is -2.69. The van der Waals surface area contributed by atoms with E-state index in [-0.39, 0.29) is 0 Å². The fourth-order valence-electron chi connectivity index (χ4n) is 3.77. The first kappa shape index (κ1) is 29.8. The summed E-state index contributed by atoms with van der Waals surface area (Å²) in [5.74, 6) is -2.71. The average Bonchev–Trinajstić information content (AvgIpc) is 2.67.